The fraction of sp³-hybridized carbons (Fsp3) is 0.143. The van der Waals surface area contributed by atoms with Crippen LogP contribution in [0.5, 0.6) is 0 Å². The molecule has 3 heteroatoms. The summed E-state index contributed by atoms with van der Waals surface area (Å²) >= 11 is 0. The van der Waals surface area contributed by atoms with Crippen LogP contribution in [0.1, 0.15) is 0 Å². The fourth-order valence-corrected chi connectivity index (χ4v) is 0.445. The van der Waals surface area contributed by atoms with Crippen molar-refractivity contribution in [1.82, 2.24) is 0 Å². The average Bonchev–Trinajstić information content (AvgIpc) is 1.91. The highest BCUT2D eigenvalue weighted by Gasteiger charge is 1.96. The lowest BCUT2D eigenvalue weighted by atomic mass is 10.4. The lowest BCUT2D eigenvalue weighted by Crippen LogP contribution is -1.85. The minimum atomic E-state index is -0.528. The molecule has 0 aromatic rings. The van der Waals surface area contributed by atoms with Crippen molar-refractivity contribution >= 4 is 0 Å². The van der Waals surface area contributed by atoms with E-state index in [2.05, 4.69) is 11.3 Å². The van der Waals surface area contributed by atoms with Gasteiger partial charge in [0.15, 0.2) is 11.6 Å². The zero-order valence-corrected chi connectivity index (χ0v) is 5.80. The Labute approximate surface area is 59.5 Å². The van der Waals surface area contributed by atoms with Crippen LogP contribution in [0.3, 0.4) is 0 Å². The average molecular weight is 143 g/mol. The van der Waals surface area contributed by atoms with E-state index in [0.717, 1.165) is 12.3 Å². The Bertz CT molecular complexity index is 172. The van der Waals surface area contributed by atoms with Crippen molar-refractivity contribution in [2.24, 2.45) is 5.73 Å². The molecule has 0 radical (unpaired) electrons. The third-order valence-electron chi connectivity index (χ3n) is 0.883. The molecule has 0 bridgehead atoms. The van der Waals surface area contributed by atoms with Gasteiger partial charge in [0.2, 0.25) is 0 Å². The number of rotatable bonds is 3. The van der Waals surface area contributed by atoms with E-state index in [-0.39, 0.29) is 5.76 Å². The molecule has 56 valence electrons. The molecule has 2 N–H and O–H groups in total. The first-order chi connectivity index (χ1) is 4.76. The third-order valence-corrected chi connectivity index (χ3v) is 0.883. The van der Waals surface area contributed by atoms with Crippen molar-refractivity contribution in [1.29, 1.82) is 0 Å². The highest BCUT2D eigenvalue weighted by Crippen LogP contribution is 2.08. The van der Waals surface area contributed by atoms with Crippen LogP contribution in [0.2, 0.25) is 0 Å². The number of nitrogens with two attached hydrogens (primary N) is 1. The van der Waals surface area contributed by atoms with Gasteiger partial charge in [-0.2, -0.15) is 0 Å². The predicted molar refractivity (Wildman–Crippen MR) is 38.7 cm³/mol. The van der Waals surface area contributed by atoms with E-state index in [9.17, 15) is 4.39 Å². The smallest absolute Gasteiger partial charge is 0.166 e. The number of hydrogen-bond donors (Lipinski definition) is 1. The normalized spacial score (nSPS) is 13.0. The molecule has 0 aliphatic carbocycles. The van der Waals surface area contributed by atoms with Gasteiger partial charge in [0, 0.05) is 0 Å². The second-order valence-corrected chi connectivity index (χ2v) is 1.48. The summed E-state index contributed by atoms with van der Waals surface area (Å²) in [7, 11) is 1.36. The van der Waals surface area contributed by atoms with Gasteiger partial charge in [0.25, 0.3) is 0 Å². The van der Waals surface area contributed by atoms with E-state index < -0.39 is 5.83 Å². The van der Waals surface area contributed by atoms with Crippen LogP contribution in [0.4, 0.5) is 4.39 Å². The highest BCUT2D eigenvalue weighted by molar-refractivity contribution is 5.21. The maximum atomic E-state index is 12.6. The van der Waals surface area contributed by atoms with Crippen molar-refractivity contribution in [2.45, 2.75) is 0 Å². The summed E-state index contributed by atoms with van der Waals surface area (Å²) < 4.78 is 17.2. The van der Waals surface area contributed by atoms with Gasteiger partial charge in [0.05, 0.1) is 7.11 Å². The van der Waals surface area contributed by atoms with Gasteiger partial charge in [0.1, 0.15) is 0 Å². The van der Waals surface area contributed by atoms with Crippen molar-refractivity contribution < 1.29 is 9.13 Å². The van der Waals surface area contributed by atoms with Gasteiger partial charge in [-0.05, 0) is 18.4 Å². The SMILES string of the molecule is C=C/C(OC)=C(F)\C=C/N. The van der Waals surface area contributed by atoms with Gasteiger partial charge in [-0.15, -0.1) is 0 Å². The summed E-state index contributed by atoms with van der Waals surface area (Å²) in [5, 5.41) is 0. The number of hydrogen-bond acceptors (Lipinski definition) is 2. The molecule has 0 saturated carbocycles. The van der Waals surface area contributed by atoms with E-state index in [1.54, 1.807) is 0 Å². The zero-order chi connectivity index (χ0) is 7.98. The second-order valence-electron chi connectivity index (χ2n) is 1.48. The molecule has 0 aromatic carbocycles. The van der Waals surface area contributed by atoms with Crippen LogP contribution in [-0.2, 0) is 4.74 Å². The molecular weight excluding hydrogens is 133 g/mol. The molecule has 0 rings (SSSR count). The minimum absolute atomic E-state index is 0.0849. The molecule has 0 saturated heterocycles. The Morgan fingerprint density at radius 3 is 2.60 bits per heavy atom. The summed E-state index contributed by atoms with van der Waals surface area (Å²) in [6.07, 6.45) is 3.47. The largest absolute Gasteiger partial charge is 0.494 e. The van der Waals surface area contributed by atoms with Crippen LogP contribution in [-0.4, -0.2) is 7.11 Å². The van der Waals surface area contributed by atoms with E-state index in [1.807, 2.05) is 0 Å². The van der Waals surface area contributed by atoms with Crippen LogP contribution >= 0.6 is 0 Å². The van der Waals surface area contributed by atoms with Crippen LogP contribution in [0, 0.1) is 0 Å². The van der Waals surface area contributed by atoms with E-state index in [4.69, 9.17) is 5.73 Å². The number of allylic oxidation sites excluding steroid dienone is 3. The predicted octanol–water partition coefficient (Wildman–Crippen LogP) is 1.47. The molecule has 0 heterocycles. The van der Waals surface area contributed by atoms with Crippen LogP contribution < -0.4 is 5.73 Å². The van der Waals surface area contributed by atoms with Gasteiger partial charge < -0.3 is 10.5 Å². The number of methoxy groups -OCH3 is 1. The number of ether oxygens (including phenoxy) is 1. The first-order valence-corrected chi connectivity index (χ1v) is 2.70. The monoisotopic (exact) mass is 143 g/mol. The number of halogens is 1. The summed E-state index contributed by atoms with van der Waals surface area (Å²) in [6.45, 7) is 3.34. The molecule has 0 aromatic heterocycles. The fourth-order valence-electron chi connectivity index (χ4n) is 0.445. The van der Waals surface area contributed by atoms with Crippen LogP contribution in [0.25, 0.3) is 0 Å². The first-order valence-electron chi connectivity index (χ1n) is 2.70. The molecule has 0 spiro atoms. The summed E-state index contributed by atoms with van der Waals surface area (Å²) in [5.41, 5.74) is 4.93. The van der Waals surface area contributed by atoms with Gasteiger partial charge in [-0.1, -0.05) is 6.58 Å². The van der Waals surface area contributed by atoms with Crippen molar-refractivity contribution in [3.8, 4) is 0 Å². The van der Waals surface area contributed by atoms with Crippen molar-refractivity contribution in [2.75, 3.05) is 7.11 Å². The molecule has 10 heavy (non-hydrogen) atoms. The summed E-state index contributed by atoms with van der Waals surface area (Å²) in [6, 6.07) is 0. The Morgan fingerprint density at radius 2 is 2.30 bits per heavy atom. The zero-order valence-electron chi connectivity index (χ0n) is 5.80. The topological polar surface area (TPSA) is 35.2 Å². The maximum absolute atomic E-state index is 12.6. The van der Waals surface area contributed by atoms with Gasteiger partial charge in [-0.3, -0.25) is 0 Å². The molecule has 0 fully saturated rings. The second kappa shape index (κ2) is 4.61. The summed E-state index contributed by atoms with van der Waals surface area (Å²) in [4.78, 5) is 0. The minimum Gasteiger partial charge on any atom is -0.494 e. The molecule has 0 aliphatic heterocycles. The molecule has 0 unspecified atom stereocenters. The first kappa shape index (κ1) is 8.75. The molecule has 2 nitrogen and oxygen atoms in total. The standard InChI is InChI=1S/C7H10FNO/c1-3-7(10-2)6(8)4-5-9/h3-5H,1,9H2,2H3/b5-4-,7-6-. The van der Waals surface area contributed by atoms with Gasteiger partial charge in [-0.25, -0.2) is 4.39 Å². The van der Waals surface area contributed by atoms with Crippen molar-refractivity contribution in [3.63, 3.8) is 0 Å². The molecule has 0 amide bonds. The Balaban J connectivity index is 4.42. The Kier molecular flexibility index (Phi) is 4.04. The lowest BCUT2D eigenvalue weighted by Gasteiger charge is -1.97. The quantitative estimate of drug-likeness (QED) is 0.479. The molecular formula is C7H10FNO. The molecule has 0 aliphatic rings. The van der Waals surface area contributed by atoms with Gasteiger partial charge >= 0.3 is 0 Å². The van der Waals surface area contributed by atoms with Crippen LogP contribution in [0.15, 0.2) is 36.5 Å². The van der Waals surface area contributed by atoms with Crippen molar-refractivity contribution in [3.05, 3.63) is 36.5 Å². The molecule has 0 atom stereocenters. The Hall–Kier alpha value is -1.25. The summed E-state index contributed by atoms with van der Waals surface area (Å²) in [5.74, 6) is -0.443. The van der Waals surface area contributed by atoms with E-state index in [1.165, 1.54) is 13.2 Å². The lowest BCUT2D eigenvalue weighted by molar-refractivity contribution is 0.293. The van der Waals surface area contributed by atoms with E-state index in [0.29, 0.717) is 0 Å². The third kappa shape index (κ3) is 2.35. The maximum Gasteiger partial charge on any atom is 0.166 e. The Morgan fingerprint density at radius 1 is 1.70 bits per heavy atom. The van der Waals surface area contributed by atoms with E-state index >= 15 is 0 Å². The highest BCUT2D eigenvalue weighted by atomic mass is 19.1.